The second-order valence-electron chi connectivity index (χ2n) is 6.24. The number of ether oxygens (including phenoxy) is 2. The number of halogens is 1. The molecular formula is C18H19ClO5. The number of carbonyl (C=O) groups excluding carboxylic acids is 1. The topological polar surface area (TPSA) is 72.8 Å². The van der Waals surface area contributed by atoms with E-state index in [0.717, 1.165) is 5.56 Å². The molecule has 4 unspecified atom stereocenters. The van der Waals surface area contributed by atoms with Crippen LogP contribution in [0, 0.1) is 5.92 Å². The molecule has 0 saturated heterocycles. The van der Waals surface area contributed by atoms with Crippen LogP contribution in [-0.2, 0) is 19.1 Å². The van der Waals surface area contributed by atoms with Crippen molar-refractivity contribution in [1.82, 2.24) is 0 Å². The SMILES string of the molecule is CC(OC1CCC2C(=O)C(c3ccc(Cl)cc3)=COC2C1)C(=O)O. The second-order valence-corrected chi connectivity index (χ2v) is 6.67. The Kier molecular flexibility index (Phi) is 4.92. The van der Waals surface area contributed by atoms with Crippen LogP contribution >= 0.6 is 11.6 Å². The molecule has 3 rings (SSSR count). The van der Waals surface area contributed by atoms with Gasteiger partial charge in [0.2, 0.25) is 0 Å². The molecule has 24 heavy (non-hydrogen) atoms. The Hall–Kier alpha value is -1.85. The molecule has 0 aromatic heterocycles. The molecule has 0 amide bonds. The molecule has 1 heterocycles. The number of rotatable bonds is 4. The van der Waals surface area contributed by atoms with E-state index in [4.69, 9.17) is 26.2 Å². The van der Waals surface area contributed by atoms with E-state index in [-0.39, 0.29) is 23.9 Å². The van der Waals surface area contributed by atoms with Gasteiger partial charge in [0.1, 0.15) is 6.10 Å². The minimum absolute atomic E-state index is 0.0679. The van der Waals surface area contributed by atoms with Crippen molar-refractivity contribution in [2.75, 3.05) is 0 Å². The first-order chi connectivity index (χ1) is 11.5. The Morgan fingerprint density at radius 3 is 2.71 bits per heavy atom. The van der Waals surface area contributed by atoms with Gasteiger partial charge in [-0.1, -0.05) is 23.7 Å². The lowest BCUT2D eigenvalue weighted by molar-refractivity contribution is -0.157. The molecule has 1 aromatic carbocycles. The maximum Gasteiger partial charge on any atom is 0.332 e. The molecule has 2 aliphatic rings. The summed E-state index contributed by atoms with van der Waals surface area (Å²) in [7, 11) is 0. The lowest BCUT2D eigenvalue weighted by Gasteiger charge is -2.38. The summed E-state index contributed by atoms with van der Waals surface area (Å²) in [4.78, 5) is 23.7. The van der Waals surface area contributed by atoms with Gasteiger partial charge in [-0.05, 0) is 37.5 Å². The predicted octanol–water partition coefficient (Wildman–Crippen LogP) is 3.31. The van der Waals surface area contributed by atoms with Crippen LogP contribution in [0.3, 0.4) is 0 Å². The predicted molar refractivity (Wildman–Crippen MR) is 88.6 cm³/mol. The molecule has 0 bridgehead atoms. The van der Waals surface area contributed by atoms with Gasteiger partial charge in [0.15, 0.2) is 11.9 Å². The van der Waals surface area contributed by atoms with Crippen LogP contribution in [0.5, 0.6) is 0 Å². The lowest BCUT2D eigenvalue weighted by Crippen LogP contribution is -2.42. The van der Waals surface area contributed by atoms with E-state index >= 15 is 0 Å². The van der Waals surface area contributed by atoms with Crippen molar-refractivity contribution in [2.45, 2.75) is 44.5 Å². The van der Waals surface area contributed by atoms with Crippen LogP contribution in [0.15, 0.2) is 30.5 Å². The van der Waals surface area contributed by atoms with Crippen molar-refractivity contribution in [2.24, 2.45) is 5.92 Å². The summed E-state index contributed by atoms with van der Waals surface area (Å²) in [6.45, 7) is 1.51. The van der Waals surface area contributed by atoms with Crippen molar-refractivity contribution in [3.8, 4) is 0 Å². The number of benzene rings is 1. The van der Waals surface area contributed by atoms with Gasteiger partial charge < -0.3 is 14.6 Å². The third kappa shape index (κ3) is 3.47. The number of hydrogen-bond acceptors (Lipinski definition) is 4. The van der Waals surface area contributed by atoms with Crippen LogP contribution in [0.2, 0.25) is 5.02 Å². The number of aliphatic carboxylic acids is 1. The Balaban J connectivity index is 1.70. The zero-order chi connectivity index (χ0) is 17.3. The number of Topliss-reactive ketones (excluding diaryl/α,β-unsaturated/α-hetero) is 1. The lowest BCUT2D eigenvalue weighted by atomic mass is 9.78. The van der Waals surface area contributed by atoms with Crippen molar-refractivity contribution < 1.29 is 24.2 Å². The average molecular weight is 351 g/mol. The van der Waals surface area contributed by atoms with Crippen molar-refractivity contribution in [1.29, 1.82) is 0 Å². The van der Waals surface area contributed by atoms with Gasteiger partial charge in [0, 0.05) is 11.4 Å². The van der Waals surface area contributed by atoms with Gasteiger partial charge in [-0.25, -0.2) is 4.79 Å². The Bertz CT molecular complexity index is 666. The number of ketones is 1. The van der Waals surface area contributed by atoms with E-state index in [1.807, 2.05) is 0 Å². The summed E-state index contributed by atoms with van der Waals surface area (Å²) in [5, 5.41) is 9.56. The highest BCUT2D eigenvalue weighted by Gasteiger charge is 2.41. The van der Waals surface area contributed by atoms with Gasteiger partial charge in [0.25, 0.3) is 0 Å². The van der Waals surface area contributed by atoms with Crippen molar-refractivity contribution >= 4 is 28.9 Å². The van der Waals surface area contributed by atoms with Gasteiger partial charge >= 0.3 is 5.97 Å². The summed E-state index contributed by atoms with van der Waals surface area (Å²) < 4.78 is 11.3. The van der Waals surface area contributed by atoms with Crippen LogP contribution in [-0.4, -0.2) is 35.2 Å². The molecule has 1 N–H and O–H groups in total. The third-order valence-corrected chi connectivity index (χ3v) is 4.86. The zero-order valence-electron chi connectivity index (χ0n) is 13.3. The standard InChI is InChI=1S/C18H19ClO5/c1-10(18(21)22)24-13-6-7-14-16(8-13)23-9-15(17(14)20)11-2-4-12(19)5-3-11/h2-5,9-10,13-14,16H,6-8H2,1H3,(H,21,22). The van der Waals surface area contributed by atoms with Gasteiger partial charge in [-0.2, -0.15) is 0 Å². The molecule has 5 nitrogen and oxygen atoms in total. The first-order valence-electron chi connectivity index (χ1n) is 7.99. The molecule has 1 saturated carbocycles. The monoisotopic (exact) mass is 350 g/mol. The number of carbonyl (C=O) groups is 2. The number of carboxylic acid groups (broad SMARTS) is 1. The van der Waals surface area contributed by atoms with Gasteiger partial charge in [0.05, 0.1) is 23.9 Å². The van der Waals surface area contributed by atoms with Crippen LogP contribution in [0.25, 0.3) is 5.57 Å². The molecule has 1 aliphatic carbocycles. The molecule has 6 heteroatoms. The van der Waals surface area contributed by atoms with Crippen molar-refractivity contribution in [3.63, 3.8) is 0 Å². The smallest absolute Gasteiger partial charge is 0.332 e. The Morgan fingerprint density at radius 1 is 1.33 bits per heavy atom. The molecule has 4 atom stereocenters. The highest BCUT2D eigenvalue weighted by Crippen LogP contribution is 2.37. The molecule has 0 radical (unpaired) electrons. The average Bonchev–Trinajstić information content (AvgIpc) is 2.56. The first kappa shape index (κ1) is 17.0. The third-order valence-electron chi connectivity index (χ3n) is 4.61. The molecule has 128 valence electrons. The van der Waals surface area contributed by atoms with Crippen LogP contribution < -0.4 is 0 Å². The molecule has 1 aromatic rings. The van der Waals surface area contributed by atoms with Crippen LogP contribution in [0.1, 0.15) is 31.7 Å². The Labute approximate surface area is 145 Å². The van der Waals surface area contributed by atoms with Crippen LogP contribution in [0.4, 0.5) is 0 Å². The minimum atomic E-state index is -0.984. The highest BCUT2D eigenvalue weighted by molar-refractivity contribution is 6.30. The van der Waals surface area contributed by atoms with E-state index in [1.165, 1.54) is 13.2 Å². The Morgan fingerprint density at radius 2 is 2.04 bits per heavy atom. The molecule has 1 aliphatic heterocycles. The fraction of sp³-hybridized carbons (Fsp3) is 0.444. The highest BCUT2D eigenvalue weighted by atomic mass is 35.5. The van der Waals surface area contributed by atoms with E-state index in [0.29, 0.717) is 29.9 Å². The summed E-state index contributed by atoms with van der Waals surface area (Å²) in [6.07, 6.45) is 2.01. The quantitative estimate of drug-likeness (QED) is 0.901. The number of hydrogen-bond donors (Lipinski definition) is 1. The number of allylic oxidation sites excluding steroid dienone is 1. The fourth-order valence-corrected chi connectivity index (χ4v) is 3.39. The second kappa shape index (κ2) is 6.95. The van der Waals surface area contributed by atoms with E-state index in [9.17, 15) is 9.59 Å². The normalized spacial score (nSPS) is 27.7. The van der Waals surface area contributed by atoms with E-state index in [2.05, 4.69) is 0 Å². The maximum atomic E-state index is 12.8. The maximum absolute atomic E-state index is 12.8. The van der Waals surface area contributed by atoms with Gasteiger partial charge in [-0.15, -0.1) is 0 Å². The summed E-state index contributed by atoms with van der Waals surface area (Å²) in [5.41, 5.74) is 1.35. The minimum Gasteiger partial charge on any atom is -0.496 e. The zero-order valence-corrected chi connectivity index (χ0v) is 14.0. The largest absolute Gasteiger partial charge is 0.496 e. The summed E-state index contributed by atoms with van der Waals surface area (Å²) in [6, 6.07) is 7.10. The molecule has 0 spiro atoms. The molecular weight excluding hydrogens is 332 g/mol. The van der Waals surface area contributed by atoms with Crippen molar-refractivity contribution in [3.05, 3.63) is 41.1 Å². The number of carboxylic acids is 1. The molecule has 1 fully saturated rings. The first-order valence-corrected chi connectivity index (χ1v) is 8.37. The van der Waals surface area contributed by atoms with Gasteiger partial charge in [-0.3, -0.25) is 4.79 Å². The van der Waals surface area contributed by atoms with E-state index in [1.54, 1.807) is 24.3 Å². The van der Waals surface area contributed by atoms with E-state index < -0.39 is 12.1 Å². The fourth-order valence-electron chi connectivity index (χ4n) is 3.27. The number of fused-ring (bicyclic) bond motifs is 1. The summed E-state index contributed by atoms with van der Waals surface area (Å²) >= 11 is 5.89. The summed E-state index contributed by atoms with van der Waals surface area (Å²) in [5.74, 6) is -1.12.